The number of hydrogen-bond donors (Lipinski definition) is 0. The Morgan fingerprint density at radius 1 is 0.705 bits per heavy atom. The van der Waals surface area contributed by atoms with Crippen molar-refractivity contribution in [3.8, 4) is 17.2 Å². The molecule has 2 aliphatic rings. The minimum Gasteiger partial charge on any atom is -0.457 e. The summed E-state index contributed by atoms with van der Waals surface area (Å²) in [5, 5.41) is 8.53. The average Bonchev–Trinajstić information content (AvgIpc) is 3.65. The van der Waals surface area contributed by atoms with Crippen molar-refractivity contribution in [1.29, 1.82) is 0 Å². The molecule has 7 aromatic rings. The number of imidazole rings is 1. The van der Waals surface area contributed by atoms with Gasteiger partial charge in [0.15, 0.2) is 0 Å². The summed E-state index contributed by atoms with van der Waals surface area (Å²) in [6.45, 7) is 9.61. The van der Waals surface area contributed by atoms with Gasteiger partial charge in [-0.15, -0.1) is 0 Å². The van der Waals surface area contributed by atoms with Gasteiger partial charge in [0, 0.05) is 40.3 Å². The van der Waals surface area contributed by atoms with Crippen LogP contribution in [0.25, 0.3) is 33.0 Å². The van der Waals surface area contributed by atoms with Gasteiger partial charge in [-0.2, -0.15) is 5.10 Å². The van der Waals surface area contributed by atoms with Gasteiger partial charge in [0.2, 0.25) is 0 Å². The molecule has 216 valence electrons. The van der Waals surface area contributed by atoms with Crippen LogP contribution in [0.1, 0.15) is 61.5 Å². The summed E-state index contributed by atoms with van der Waals surface area (Å²) in [4.78, 5) is 5.52. The fourth-order valence-corrected chi connectivity index (χ4v) is 7.67. The van der Waals surface area contributed by atoms with Crippen LogP contribution in [0.3, 0.4) is 0 Å². The lowest BCUT2D eigenvalue weighted by Crippen LogP contribution is -2.44. The predicted molar refractivity (Wildman–Crippen MR) is 177 cm³/mol. The van der Waals surface area contributed by atoms with Crippen LogP contribution >= 0.6 is 0 Å². The first-order chi connectivity index (χ1) is 21.3. The summed E-state index contributed by atoms with van der Waals surface area (Å²) in [5.74, 6) is 1.57. The molecule has 5 nitrogen and oxygen atoms in total. The van der Waals surface area contributed by atoms with E-state index in [0.717, 1.165) is 53.2 Å². The molecule has 3 aromatic heterocycles. The van der Waals surface area contributed by atoms with E-state index in [1.807, 2.05) is 23.0 Å². The van der Waals surface area contributed by atoms with Gasteiger partial charge in [0.1, 0.15) is 17.1 Å². The molecule has 0 atom stereocenters. The van der Waals surface area contributed by atoms with E-state index in [2.05, 4.69) is 111 Å². The number of hydrogen-bond acceptors (Lipinski definition) is 3. The van der Waals surface area contributed by atoms with Crippen molar-refractivity contribution in [3.63, 3.8) is 0 Å². The lowest BCUT2D eigenvalue weighted by Gasteiger charge is -2.46. The predicted octanol–water partition coefficient (Wildman–Crippen LogP) is 8.88. The summed E-state index contributed by atoms with van der Waals surface area (Å²) in [5.41, 5.74) is 10.7. The smallest absolute Gasteiger partial charge is 0.145 e. The molecule has 0 radical (unpaired) electrons. The third kappa shape index (κ3) is 3.47. The van der Waals surface area contributed by atoms with Gasteiger partial charge in [-0.1, -0.05) is 76.2 Å². The highest BCUT2D eigenvalue weighted by Crippen LogP contribution is 2.52. The Morgan fingerprint density at radius 3 is 2.41 bits per heavy atom. The molecule has 9 rings (SSSR count). The maximum Gasteiger partial charge on any atom is 0.145 e. The third-order valence-corrected chi connectivity index (χ3v) is 10.6. The van der Waals surface area contributed by atoms with Crippen molar-refractivity contribution < 1.29 is 4.74 Å². The molecule has 2 aliphatic heterocycles. The Bertz CT molecular complexity index is 2300. The minimum atomic E-state index is -0.142. The zero-order chi connectivity index (χ0) is 29.8. The number of aryl methyl sites for hydroxylation is 2. The van der Waals surface area contributed by atoms with Gasteiger partial charge in [0.05, 0.1) is 28.3 Å². The highest BCUT2D eigenvalue weighted by molar-refractivity contribution is 6.13. The molecule has 5 heteroatoms. The normalized spacial score (nSPS) is 16.5. The van der Waals surface area contributed by atoms with E-state index in [9.17, 15) is 0 Å². The van der Waals surface area contributed by atoms with Gasteiger partial charge in [-0.25, -0.2) is 9.67 Å². The van der Waals surface area contributed by atoms with E-state index >= 15 is 0 Å². The Labute approximate surface area is 256 Å². The van der Waals surface area contributed by atoms with Crippen LogP contribution in [0.2, 0.25) is 0 Å². The molecule has 44 heavy (non-hydrogen) atoms. The quantitative estimate of drug-likeness (QED) is 0.170. The highest BCUT2D eigenvalue weighted by atomic mass is 16.5. The zero-order valence-electron chi connectivity index (χ0n) is 25.6. The molecule has 0 fully saturated rings. The summed E-state index contributed by atoms with van der Waals surface area (Å²) in [6.07, 6.45) is 4.62. The van der Waals surface area contributed by atoms with Crippen LogP contribution < -0.4 is 4.74 Å². The molecule has 0 saturated heterocycles. The fourth-order valence-electron chi connectivity index (χ4n) is 7.67. The third-order valence-electron chi connectivity index (χ3n) is 10.6. The Kier molecular flexibility index (Phi) is 5.13. The Balaban J connectivity index is 1.36. The number of para-hydroxylation sites is 1. The second-order valence-electron chi connectivity index (χ2n) is 13.5. The number of rotatable bonds is 0. The highest BCUT2D eigenvalue weighted by Gasteiger charge is 2.47. The van der Waals surface area contributed by atoms with Gasteiger partial charge < -0.3 is 4.74 Å². The maximum atomic E-state index is 6.52. The van der Waals surface area contributed by atoms with E-state index in [1.165, 1.54) is 44.4 Å². The zero-order valence-corrected chi connectivity index (χ0v) is 25.6. The first kappa shape index (κ1) is 25.6. The standard InChI is InChI=1S/C39H34N4O/c1-38(2)33-14-8-13-31-30-17-16-29-23-32(30)37-40-34(36(39(38,3)4)43(37)35(31)33)18-15-24-9-5-6-10-25(24)21-26-19-20-42(41-26)27-11-7-12-28(22-27)44-29/h5-14,16-17,19-20,22-23H,15,18,21H2,1-4H3. The average molecular weight is 575 g/mol. The van der Waals surface area contributed by atoms with E-state index in [1.54, 1.807) is 0 Å². The maximum absolute atomic E-state index is 6.52. The van der Waals surface area contributed by atoms with Crippen molar-refractivity contribution in [1.82, 2.24) is 19.2 Å². The van der Waals surface area contributed by atoms with E-state index in [-0.39, 0.29) is 10.8 Å². The number of nitrogens with zero attached hydrogens (tertiary/aromatic N) is 4. The molecular formula is C39H34N4O. The van der Waals surface area contributed by atoms with Crippen LogP contribution in [0.15, 0.2) is 97.2 Å². The summed E-state index contributed by atoms with van der Waals surface area (Å²) in [7, 11) is 0. The lowest BCUT2D eigenvalue weighted by atomic mass is 9.60. The monoisotopic (exact) mass is 574 g/mol. The van der Waals surface area contributed by atoms with Crippen molar-refractivity contribution >= 4 is 27.3 Å². The number of ether oxygens (including phenoxy) is 1. The van der Waals surface area contributed by atoms with Crippen LogP contribution in [0.5, 0.6) is 11.5 Å². The number of aromatic nitrogens is 4. The summed E-state index contributed by atoms with van der Waals surface area (Å²) < 4.78 is 11.0. The van der Waals surface area contributed by atoms with Crippen LogP contribution in [-0.4, -0.2) is 19.2 Å². The van der Waals surface area contributed by atoms with Crippen LogP contribution in [-0.2, 0) is 30.1 Å². The summed E-state index contributed by atoms with van der Waals surface area (Å²) >= 11 is 0. The molecule has 5 heterocycles. The molecule has 0 spiro atoms. The lowest BCUT2D eigenvalue weighted by molar-refractivity contribution is 0.286. The molecule has 0 N–H and O–H groups in total. The Hall–Kier alpha value is -4.90. The second kappa shape index (κ2) is 8.82. The number of pyridine rings is 1. The fraction of sp³-hybridized carbons (Fsp3) is 0.231. The van der Waals surface area contributed by atoms with Crippen molar-refractivity contribution in [2.75, 3.05) is 0 Å². The van der Waals surface area contributed by atoms with E-state index in [4.69, 9.17) is 14.8 Å². The van der Waals surface area contributed by atoms with Gasteiger partial charge in [-0.05, 0) is 71.3 Å². The number of benzene rings is 4. The molecule has 0 amide bonds. The van der Waals surface area contributed by atoms with Crippen LogP contribution in [0.4, 0.5) is 0 Å². The number of fused-ring (bicyclic) bond motifs is 10. The van der Waals surface area contributed by atoms with Crippen LogP contribution in [0, 0.1) is 0 Å². The Morgan fingerprint density at radius 2 is 1.52 bits per heavy atom. The van der Waals surface area contributed by atoms with E-state index < -0.39 is 0 Å². The first-order valence-corrected chi connectivity index (χ1v) is 15.6. The van der Waals surface area contributed by atoms with Gasteiger partial charge >= 0.3 is 0 Å². The van der Waals surface area contributed by atoms with E-state index in [0.29, 0.717) is 0 Å². The van der Waals surface area contributed by atoms with Gasteiger partial charge in [-0.3, -0.25) is 4.40 Å². The second-order valence-corrected chi connectivity index (χ2v) is 13.5. The van der Waals surface area contributed by atoms with Gasteiger partial charge in [0.25, 0.3) is 0 Å². The molecule has 0 saturated carbocycles. The molecule has 0 unspecified atom stereocenters. The topological polar surface area (TPSA) is 44.4 Å². The largest absolute Gasteiger partial charge is 0.457 e. The molecule has 0 aliphatic carbocycles. The van der Waals surface area contributed by atoms with Crippen molar-refractivity contribution in [2.24, 2.45) is 0 Å². The summed E-state index contributed by atoms with van der Waals surface area (Å²) in [6, 6.07) is 32.4. The van der Waals surface area contributed by atoms with Crippen molar-refractivity contribution in [3.05, 3.63) is 131 Å². The SMILES string of the molecule is CC1(C)c2cccc3c4ccc5cc4c4nc(c(n4c23)C1(C)C)CCc1ccccc1Cc1ccn(n1)-c1cccc(c1)O5. The molecule has 4 aromatic carbocycles. The first-order valence-electron chi connectivity index (χ1n) is 15.6. The molecule has 8 bridgehead atoms. The minimum absolute atomic E-state index is 0.0854. The van der Waals surface area contributed by atoms with Crippen molar-refractivity contribution in [2.45, 2.75) is 57.8 Å². The molecular weight excluding hydrogens is 540 g/mol.